The van der Waals surface area contributed by atoms with Gasteiger partial charge in [0.05, 0.1) is 25.3 Å². The van der Waals surface area contributed by atoms with Gasteiger partial charge < -0.3 is 19.3 Å². The second-order valence-corrected chi connectivity index (χ2v) is 9.26. The number of anilines is 1. The number of esters is 1. The number of rotatable bonds is 8. The van der Waals surface area contributed by atoms with E-state index in [0.717, 1.165) is 0 Å². The number of benzene rings is 3. The molecule has 8 nitrogen and oxygen atoms in total. The van der Waals surface area contributed by atoms with E-state index in [-0.39, 0.29) is 11.3 Å². The zero-order chi connectivity index (χ0) is 27.4. The van der Waals surface area contributed by atoms with Crippen molar-refractivity contribution in [1.29, 1.82) is 0 Å². The number of carbonyl (C=O) groups is 3. The smallest absolute Gasteiger partial charge is 0.308 e. The Kier molecular flexibility index (Phi) is 7.81. The van der Waals surface area contributed by atoms with Crippen molar-refractivity contribution in [3.8, 4) is 17.2 Å². The van der Waals surface area contributed by atoms with E-state index in [1.54, 1.807) is 72.8 Å². The predicted molar refractivity (Wildman–Crippen MR) is 142 cm³/mol. The molecule has 3 aromatic rings. The van der Waals surface area contributed by atoms with E-state index in [0.29, 0.717) is 46.6 Å². The fraction of sp³-hybridized carbons (Fsp3) is 0.233. The van der Waals surface area contributed by atoms with Crippen molar-refractivity contribution >= 4 is 29.1 Å². The number of aliphatic hydroxyl groups excluding tert-OH is 1. The van der Waals surface area contributed by atoms with Crippen molar-refractivity contribution in [2.24, 2.45) is 5.92 Å². The first-order valence-corrected chi connectivity index (χ1v) is 12.2. The number of hydrogen-bond donors (Lipinski definition) is 1. The molecule has 0 radical (unpaired) electrons. The molecule has 1 unspecified atom stereocenters. The van der Waals surface area contributed by atoms with Crippen molar-refractivity contribution in [2.75, 3.05) is 18.6 Å². The monoisotopic (exact) mass is 515 g/mol. The number of Topliss-reactive ketones (excluding diaryl/α,β-unsaturated/α-hetero) is 1. The van der Waals surface area contributed by atoms with Crippen LogP contribution in [0.5, 0.6) is 17.2 Å². The number of ketones is 1. The zero-order valence-electron chi connectivity index (χ0n) is 21.6. The second-order valence-electron chi connectivity index (χ2n) is 9.26. The van der Waals surface area contributed by atoms with E-state index in [4.69, 9.17) is 14.2 Å². The van der Waals surface area contributed by atoms with Gasteiger partial charge in [0.2, 0.25) is 0 Å². The summed E-state index contributed by atoms with van der Waals surface area (Å²) in [4.78, 5) is 39.4. The molecule has 0 saturated carbocycles. The fourth-order valence-corrected chi connectivity index (χ4v) is 4.19. The zero-order valence-corrected chi connectivity index (χ0v) is 21.6. The van der Waals surface area contributed by atoms with Crippen LogP contribution in [0.15, 0.2) is 78.4 Å². The van der Waals surface area contributed by atoms with Crippen molar-refractivity contribution < 1.29 is 33.7 Å². The van der Waals surface area contributed by atoms with Gasteiger partial charge in [-0.2, -0.15) is 0 Å². The molecule has 1 heterocycles. The molecule has 8 heteroatoms. The summed E-state index contributed by atoms with van der Waals surface area (Å²) in [7, 11) is 1.51. The van der Waals surface area contributed by atoms with E-state index in [1.807, 2.05) is 13.8 Å². The van der Waals surface area contributed by atoms with Crippen molar-refractivity contribution in [2.45, 2.75) is 26.8 Å². The Labute approximate surface area is 221 Å². The van der Waals surface area contributed by atoms with Gasteiger partial charge in [0, 0.05) is 24.2 Å². The van der Waals surface area contributed by atoms with Crippen molar-refractivity contribution in [3.05, 3.63) is 89.5 Å². The van der Waals surface area contributed by atoms with Gasteiger partial charge in [-0.25, -0.2) is 0 Å². The Bertz CT molecular complexity index is 1370. The third-order valence-corrected chi connectivity index (χ3v) is 5.94. The second kappa shape index (κ2) is 11.2. The summed E-state index contributed by atoms with van der Waals surface area (Å²) in [6, 6.07) is 19.0. The number of ether oxygens (including phenoxy) is 3. The van der Waals surface area contributed by atoms with E-state index in [1.165, 1.54) is 18.9 Å². The minimum Gasteiger partial charge on any atom is -0.507 e. The average molecular weight is 516 g/mol. The summed E-state index contributed by atoms with van der Waals surface area (Å²) in [5.74, 6) is -0.584. The Balaban J connectivity index is 1.81. The Morgan fingerprint density at radius 2 is 1.61 bits per heavy atom. The quantitative estimate of drug-likeness (QED) is 0.143. The minimum atomic E-state index is -0.939. The summed E-state index contributed by atoms with van der Waals surface area (Å²) >= 11 is 0. The van der Waals surface area contributed by atoms with Crippen molar-refractivity contribution in [3.63, 3.8) is 0 Å². The molecule has 1 atom stereocenters. The molecule has 0 bridgehead atoms. The molecule has 4 rings (SSSR count). The van der Waals surface area contributed by atoms with Gasteiger partial charge >= 0.3 is 5.97 Å². The maximum atomic E-state index is 13.4. The molecule has 0 aliphatic carbocycles. The van der Waals surface area contributed by atoms with E-state index < -0.39 is 23.7 Å². The highest BCUT2D eigenvalue weighted by Crippen LogP contribution is 2.43. The predicted octanol–water partition coefficient (Wildman–Crippen LogP) is 5.28. The van der Waals surface area contributed by atoms with Gasteiger partial charge in [0.1, 0.15) is 23.0 Å². The van der Waals surface area contributed by atoms with Gasteiger partial charge in [0.15, 0.2) is 0 Å². The fourth-order valence-electron chi connectivity index (χ4n) is 4.19. The molecule has 0 aromatic heterocycles. The molecule has 196 valence electrons. The Morgan fingerprint density at radius 1 is 0.947 bits per heavy atom. The number of hydrogen-bond acceptors (Lipinski definition) is 7. The van der Waals surface area contributed by atoms with Crippen LogP contribution in [0.3, 0.4) is 0 Å². The molecule has 1 aliphatic heterocycles. The van der Waals surface area contributed by atoms with Crippen LogP contribution in [0, 0.1) is 5.92 Å². The van der Waals surface area contributed by atoms with Crippen LogP contribution in [0.2, 0.25) is 0 Å². The van der Waals surface area contributed by atoms with Crippen LogP contribution in [0.1, 0.15) is 37.9 Å². The number of amides is 1. The lowest BCUT2D eigenvalue weighted by molar-refractivity contribution is -0.132. The summed E-state index contributed by atoms with van der Waals surface area (Å²) in [6.07, 6.45) is 0. The van der Waals surface area contributed by atoms with Crippen LogP contribution in [-0.2, 0) is 14.4 Å². The molecule has 1 saturated heterocycles. The first kappa shape index (κ1) is 26.5. The molecule has 1 fully saturated rings. The third-order valence-electron chi connectivity index (χ3n) is 5.94. The van der Waals surface area contributed by atoms with Crippen LogP contribution >= 0.6 is 0 Å². The van der Waals surface area contributed by atoms with Crippen LogP contribution in [0.25, 0.3) is 5.76 Å². The average Bonchev–Trinajstić information content (AvgIpc) is 3.17. The summed E-state index contributed by atoms with van der Waals surface area (Å²) in [6.45, 7) is 5.92. The van der Waals surface area contributed by atoms with Crippen molar-refractivity contribution in [1.82, 2.24) is 0 Å². The van der Waals surface area contributed by atoms with Gasteiger partial charge in [-0.1, -0.05) is 32.0 Å². The van der Waals surface area contributed by atoms with Gasteiger partial charge in [-0.05, 0) is 60.0 Å². The largest absolute Gasteiger partial charge is 0.507 e. The maximum Gasteiger partial charge on any atom is 0.308 e. The number of nitrogens with zero attached hydrogens (tertiary/aromatic N) is 1. The third kappa shape index (κ3) is 5.54. The number of methoxy groups -OCH3 is 1. The summed E-state index contributed by atoms with van der Waals surface area (Å²) in [5, 5.41) is 11.3. The summed E-state index contributed by atoms with van der Waals surface area (Å²) in [5.41, 5.74) is 1.28. The van der Waals surface area contributed by atoms with Crippen LogP contribution in [0.4, 0.5) is 5.69 Å². The maximum absolute atomic E-state index is 13.4. The number of aliphatic hydroxyl groups is 1. The Hall–Kier alpha value is -4.59. The lowest BCUT2D eigenvalue weighted by Crippen LogP contribution is -2.29. The molecular formula is C30H29NO7. The van der Waals surface area contributed by atoms with Gasteiger partial charge in [0.25, 0.3) is 11.7 Å². The SMILES string of the molecule is COc1cccc(N2C(=O)C(=O)/C(=C(/O)c3ccc(OCC(C)C)cc3)C2c2ccc(OC(C)=O)cc2)c1. The van der Waals surface area contributed by atoms with Crippen LogP contribution in [-0.4, -0.2) is 36.5 Å². The highest BCUT2D eigenvalue weighted by atomic mass is 16.5. The molecule has 0 spiro atoms. The highest BCUT2D eigenvalue weighted by Gasteiger charge is 2.47. The van der Waals surface area contributed by atoms with Gasteiger partial charge in [-0.3, -0.25) is 19.3 Å². The standard InChI is InChI=1S/C30H29NO7/c1-18(2)17-37-23-12-10-21(11-13-23)28(33)26-27(20-8-14-24(15-9-20)38-19(3)32)31(30(35)29(26)34)22-6-5-7-25(16-22)36-4/h5-16,18,27,33H,17H2,1-4H3/b28-26+. The van der Waals surface area contributed by atoms with E-state index in [2.05, 4.69) is 0 Å². The molecule has 3 aromatic carbocycles. The van der Waals surface area contributed by atoms with Crippen LogP contribution < -0.4 is 19.1 Å². The number of carbonyl (C=O) groups excluding carboxylic acids is 3. The normalized spacial score (nSPS) is 16.6. The lowest BCUT2D eigenvalue weighted by Gasteiger charge is -2.26. The van der Waals surface area contributed by atoms with Gasteiger partial charge in [-0.15, -0.1) is 0 Å². The molecule has 1 amide bonds. The first-order valence-electron chi connectivity index (χ1n) is 12.2. The molecular weight excluding hydrogens is 486 g/mol. The molecule has 1 aliphatic rings. The van der Waals surface area contributed by atoms with E-state index >= 15 is 0 Å². The summed E-state index contributed by atoms with van der Waals surface area (Å²) < 4.78 is 16.2. The first-order chi connectivity index (χ1) is 18.2. The highest BCUT2D eigenvalue weighted by molar-refractivity contribution is 6.51. The Morgan fingerprint density at radius 3 is 2.21 bits per heavy atom. The lowest BCUT2D eigenvalue weighted by atomic mass is 9.95. The minimum absolute atomic E-state index is 0.0612. The molecule has 38 heavy (non-hydrogen) atoms. The topological polar surface area (TPSA) is 102 Å². The van der Waals surface area contributed by atoms with E-state index in [9.17, 15) is 19.5 Å². The molecule has 1 N–H and O–H groups in total.